The molecule has 0 amide bonds. The first-order chi connectivity index (χ1) is 8.19. The number of nitrogens with zero attached hydrogens (tertiary/aromatic N) is 1. The molecule has 5 nitrogen and oxygen atoms in total. The number of rotatable bonds is 4. The predicted molar refractivity (Wildman–Crippen MR) is 63.9 cm³/mol. The summed E-state index contributed by atoms with van der Waals surface area (Å²) in [4.78, 5) is 15.2. The second-order valence-electron chi connectivity index (χ2n) is 3.67. The number of benzene rings is 1. The van der Waals surface area contributed by atoms with E-state index < -0.39 is 0 Å². The van der Waals surface area contributed by atoms with Crippen LogP contribution in [0.2, 0.25) is 0 Å². The molecule has 1 aromatic heterocycles. The van der Waals surface area contributed by atoms with Crippen molar-refractivity contribution in [2.24, 2.45) is 0 Å². The molecule has 0 saturated heterocycles. The number of carbonyl (C=O) groups excluding carboxylic acids is 1. The van der Waals surface area contributed by atoms with Crippen LogP contribution in [0.15, 0.2) is 22.6 Å². The van der Waals surface area contributed by atoms with Gasteiger partial charge in [-0.2, -0.15) is 0 Å². The molecular formula is C12H14N2O3. The van der Waals surface area contributed by atoms with E-state index in [1.807, 2.05) is 25.1 Å². The molecule has 17 heavy (non-hydrogen) atoms. The van der Waals surface area contributed by atoms with E-state index in [2.05, 4.69) is 15.0 Å². The predicted octanol–water partition coefficient (Wildman–Crippen LogP) is 2.11. The summed E-state index contributed by atoms with van der Waals surface area (Å²) in [7, 11) is 1.38. The SMILES string of the molecule is COC(=O)CCNc1ccc2oc(C)nc2c1. The van der Waals surface area contributed by atoms with Crippen molar-refractivity contribution in [3.8, 4) is 0 Å². The second kappa shape index (κ2) is 4.86. The molecule has 2 rings (SSSR count). The summed E-state index contributed by atoms with van der Waals surface area (Å²) in [6.45, 7) is 2.35. The minimum atomic E-state index is -0.226. The highest BCUT2D eigenvalue weighted by molar-refractivity contribution is 5.77. The van der Waals surface area contributed by atoms with Gasteiger partial charge < -0.3 is 14.5 Å². The third-order valence-corrected chi connectivity index (χ3v) is 2.38. The summed E-state index contributed by atoms with van der Waals surface area (Å²) >= 11 is 0. The van der Waals surface area contributed by atoms with E-state index in [4.69, 9.17) is 4.42 Å². The molecule has 0 aliphatic rings. The Morgan fingerprint density at radius 1 is 1.53 bits per heavy atom. The van der Waals surface area contributed by atoms with E-state index >= 15 is 0 Å². The Balaban J connectivity index is 2.01. The maximum Gasteiger partial charge on any atom is 0.307 e. The summed E-state index contributed by atoms with van der Waals surface area (Å²) in [6.07, 6.45) is 0.340. The van der Waals surface area contributed by atoms with Crippen LogP contribution < -0.4 is 5.32 Å². The molecule has 0 fully saturated rings. The Morgan fingerprint density at radius 2 is 2.35 bits per heavy atom. The van der Waals surface area contributed by atoms with Gasteiger partial charge in [-0.1, -0.05) is 0 Å². The van der Waals surface area contributed by atoms with E-state index in [1.54, 1.807) is 0 Å². The quantitative estimate of drug-likeness (QED) is 0.821. The van der Waals surface area contributed by atoms with Crippen LogP contribution in [0, 0.1) is 6.92 Å². The minimum Gasteiger partial charge on any atom is -0.469 e. The first kappa shape index (κ1) is 11.4. The third kappa shape index (κ3) is 2.75. The summed E-state index contributed by atoms with van der Waals surface area (Å²) in [6, 6.07) is 5.64. The molecule has 0 aliphatic carbocycles. The smallest absolute Gasteiger partial charge is 0.307 e. The number of hydrogen-bond acceptors (Lipinski definition) is 5. The molecule has 1 aromatic carbocycles. The number of hydrogen-bond donors (Lipinski definition) is 1. The molecule has 2 aromatic rings. The number of carbonyl (C=O) groups is 1. The maximum absolute atomic E-state index is 10.9. The number of aromatic nitrogens is 1. The first-order valence-corrected chi connectivity index (χ1v) is 5.37. The van der Waals surface area contributed by atoms with E-state index in [9.17, 15) is 4.79 Å². The lowest BCUT2D eigenvalue weighted by molar-refractivity contribution is -0.140. The number of anilines is 1. The fraction of sp³-hybridized carbons (Fsp3) is 0.333. The van der Waals surface area contributed by atoms with Crippen molar-refractivity contribution in [3.05, 3.63) is 24.1 Å². The summed E-state index contributed by atoms with van der Waals surface area (Å²) in [5.74, 6) is 0.419. The number of aryl methyl sites for hydroxylation is 1. The van der Waals surface area contributed by atoms with Gasteiger partial charge in [-0.05, 0) is 18.2 Å². The molecular weight excluding hydrogens is 220 g/mol. The average molecular weight is 234 g/mol. The maximum atomic E-state index is 10.9. The van der Waals surface area contributed by atoms with Crippen molar-refractivity contribution in [2.45, 2.75) is 13.3 Å². The zero-order valence-electron chi connectivity index (χ0n) is 9.82. The van der Waals surface area contributed by atoms with Crippen LogP contribution in [0.3, 0.4) is 0 Å². The molecule has 1 heterocycles. The Bertz CT molecular complexity index is 534. The Morgan fingerprint density at radius 3 is 3.12 bits per heavy atom. The van der Waals surface area contributed by atoms with Crippen molar-refractivity contribution >= 4 is 22.8 Å². The summed E-state index contributed by atoms with van der Waals surface area (Å²) < 4.78 is 9.93. The third-order valence-electron chi connectivity index (χ3n) is 2.38. The number of ether oxygens (including phenoxy) is 1. The zero-order valence-corrected chi connectivity index (χ0v) is 9.82. The highest BCUT2D eigenvalue weighted by atomic mass is 16.5. The normalized spacial score (nSPS) is 10.5. The fourth-order valence-electron chi connectivity index (χ4n) is 1.56. The van der Waals surface area contributed by atoms with Gasteiger partial charge >= 0.3 is 5.97 Å². The van der Waals surface area contributed by atoms with Crippen molar-refractivity contribution < 1.29 is 13.9 Å². The van der Waals surface area contributed by atoms with Gasteiger partial charge in [-0.25, -0.2) is 4.98 Å². The number of esters is 1. The lowest BCUT2D eigenvalue weighted by Gasteiger charge is -2.04. The van der Waals surface area contributed by atoms with Crippen LogP contribution in [0.4, 0.5) is 5.69 Å². The second-order valence-corrected chi connectivity index (χ2v) is 3.67. The van der Waals surface area contributed by atoms with Crippen molar-refractivity contribution in [1.82, 2.24) is 4.98 Å². The average Bonchev–Trinajstić information content (AvgIpc) is 2.68. The van der Waals surface area contributed by atoms with Crippen molar-refractivity contribution in [3.63, 3.8) is 0 Å². The van der Waals surface area contributed by atoms with Gasteiger partial charge in [0.25, 0.3) is 0 Å². The highest BCUT2D eigenvalue weighted by Gasteiger charge is 2.03. The number of methoxy groups -OCH3 is 1. The minimum absolute atomic E-state index is 0.226. The van der Waals surface area contributed by atoms with E-state index in [0.29, 0.717) is 18.9 Å². The summed E-state index contributed by atoms with van der Waals surface area (Å²) in [5, 5.41) is 3.13. The molecule has 0 bridgehead atoms. The van der Waals surface area contributed by atoms with E-state index in [1.165, 1.54) is 7.11 Å². The zero-order chi connectivity index (χ0) is 12.3. The molecule has 0 saturated carbocycles. The van der Waals surface area contributed by atoms with E-state index in [-0.39, 0.29) is 5.97 Å². The van der Waals surface area contributed by atoms with Crippen LogP contribution in [-0.2, 0) is 9.53 Å². The molecule has 0 aliphatic heterocycles. The topological polar surface area (TPSA) is 64.4 Å². The van der Waals surface area contributed by atoms with Gasteiger partial charge in [0.1, 0.15) is 5.52 Å². The van der Waals surface area contributed by atoms with Gasteiger partial charge in [-0.3, -0.25) is 4.79 Å². The van der Waals surface area contributed by atoms with Gasteiger partial charge in [0.2, 0.25) is 0 Å². The number of fused-ring (bicyclic) bond motifs is 1. The van der Waals surface area contributed by atoms with Crippen LogP contribution in [0.1, 0.15) is 12.3 Å². The fourth-order valence-corrected chi connectivity index (χ4v) is 1.56. The molecule has 0 unspecified atom stereocenters. The van der Waals surface area contributed by atoms with Crippen molar-refractivity contribution in [2.75, 3.05) is 19.0 Å². The molecule has 0 spiro atoms. The molecule has 0 atom stereocenters. The Hall–Kier alpha value is -2.04. The molecule has 90 valence electrons. The lowest BCUT2D eigenvalue weighted by atomic mass is 10.3. The molecule has 0 radical (unpaired) electrons. The van der Waals surface area contributed by atoms with Crippen LogP contribution >= 0.6 is 0 Å². The van der Waals surface area contributed by atoms with Crippen LogP contribution in [0.25, 0.3) is 11.1 Å². The number of nitrogens with one attached hydrogen (secondary N) is 1. The molecule has 5 heteroatoms. The Labute approximate surface area is 98.8 Å². The first-order valence-electron chi connectivity index (χ1n) is 5.37. The Kier molecular flexibility index (Phi) is 3.27. The van der Waals surface area contributed by atoms with Gasteiger partial charge in [0.15, 0.2) is 11.5 Å². The number of oxazole rings is 1. The van der Waals surface area contributed by atoms with Gasteiger partial charge in [0, 0.05) is 19.2 Å². The van der Waals surface area contributed by atoms with Crippen LogP contribution in [-0.4, -0.2) is 24.6 Å². The van der Waals surface area contributed by atoms with E-state index in [0.717, 1.165) is 16.8 Å². The lowest BCUT2D eigenvalue weighted by Crippen LogP contribution is -2.09. The monoisotopic (exact) mass is 234 g/mol. The van der Waals surface area contributed by atoms with Crippen LogP contribution in [0.5, 0.6) is 0 Å². The standard InChI is InChI=1S/C12H14N2O3/c1-8-14-10-7-9(3-4-11(10)17-8)13-6-5-12(15)16-2/h3-4,7,13H,5-6H2,1-2H3. The van der Waals surface area contributed by atoms with Gasteiger partial charge in [0.05, 0.1) is 13.5 Å². The van der Waals surface area contributed by atoms with Crippen molar-refractivity contribution in [1.29, 1.82) is 0 Å². The summed E-state index contributed by atoms with van der Waals surface area (Å²) in [5.41, 5.74) is 2.49. The highest BCUT2D eigenvalue weighted by Crippen LogP contribution is 2.19. The molecule has 1 N–H and O–H groups in total. The largest absolute Gasteiger partial charge is 0.469 e. The van der Waals surface area contributed by atoms with Gasteiger partial charge in [-0.15, -0.1) is 0 Å².